The summed E-state index contributed by atoms with van der Waals surface area (Å²) in [6, 6.07) is 20.1. The van der Waals surface area contributed by atoms with E-state index < -0.39 is 0 Å². The van der Waals surface area contributed by atoms with Crippen LogP contribution in [0.5, 0.6) is 5.75 Å². The minimum absolute atomic E-state index is 0.617. The first kappa shape index (κ1) is 23.4. The lowest BCUT2D eigenvalue weighted by Gasteiger charge is -2.29. The Balaban J connectivity index is 1.35. The Labute approximate surface area is 206 Å². The molecule has 0 amide bonds. The molecule has 2 aliphatic rings. The first-order chi connectivity index (χ1) is 17.2. The van der Waals surface area contributed by atoms with Gasteiger partial charge in [-0.15, -0.1) is 0 Å². The van der Waals surface area contributed by atoms with Gasteiger partial charge in [-0.2, -0.15) is 0 Å². The van der Waals surface area contributed by atoms with Crippen LogP contribution in [-0.2, 0) is 9.47 Å². The SMILES string of the molecule is Nc1ccc(Nc2cc(OCCN3CCOCC3)cc(N3CCOCC3)n2)cc1-c1ccccc1. The van der Waals surface area contributed by atoms with Crippen LogP contribution < -0.4 is 20.7 Å². The number of nitrogens with one attached hydrogen (secondary N) is 1. The van der Waals surface area contributed by atoms with Gasteiger partial charge >= 0.3 is 0 Å². The van der Waals surface area contributed by atoms with Gasteiger partial charge in [0.25, 0.3) is 0 Å². The molecule has 2 aromatic carbocycles. The Morgan fingerprint density at radius 2 is 1.63 bits per heavy atom. The zero-order chi connectivity index (χ0) is 23.9. The van der Waals surface area contributed by atoms with Crippen molar-refractivity contribution < 1.29 is 14.2 Å². The van der Waals surface area contributed by atoms with Crippen LogP contribution in [0.15, 0.2) is 60.7 Å². The van der Waals surface area contributed by atoms with Crippen molar-refractivity contribution in [3.05, 3.63) is 60.7 Å². The fourth-order valence-corrected chi connectivity index (χ4v) is 4.36. The van der Waals surface area contributed by atoms with E-state index in [9.17, 15) is 0 Å². The molecule has 3 aromatic rings. The van der Waals surface area contributed by atoms with Gasteiger partial charge in [0.15, 0.2) is 0 Å². The fourth-order valence-electron chi connectivity index (χ4n) is 4.36. The maximum absolute atomic E-state index is 6.28. The molecule has 184 valence electrons. The summed E-state index contributed by atoms with van der Waals surface area (Å²) in [4.78, 5) is 9.50. The van der Waals surface area contributed by atoms with Crippen LogP contribution in [-0.4, -0.2) is 75.6 Å². The second-order valence-corrected chi connectivity index (χ2v) is 8.74. The summed E-state index contributed by atoms with van der Waals surface area (Å²) >= 11 is 0. The third kappa shape index (κ3) is 6.22. The van der Waals surface area contributed by atoms with Crippen molar-refractivity contribution >= 4 is 23.0 Å². The first-order valence-corrected chi connectivity index (χ1v) is 12.2. The molecule has 2 saturated heterocycles. The zero-order valence-electron chi connectivity index (χ0n) is 20.0. The number of hydrogen-bond donors (Lipinski definition) is 2. The summed E-state index contributed by atoms with van der Waals surface area (Å²) < 4.78 is 17.2. The largest absolute Gasteiger partial charge is 0.492 e. The van der Waals surface area contributed by atoms with Gasteiger partial charge in [0.05, 0.1) is 26.4 Å². The molecule has 2 aliphatic heterocycles. The number of hydrogen-bond acceptors (Lipinski definition) is 8. The predicted molar refractivity (Wildman–Crippen MR) is 140 cm³/mol. The van der Waals surface area contributed by atoms with Crippen LogP contribution in [0, 0.1) is 0 Å². The molecular weight excluding hydrogens is 442 g/mol. The van der Waals surface area contributed by atoms with E-state index in [4.69, 9.17) is 24.9 Å². The van der Waals surface area contributed by atoms with E-state index in [1.54, 1.807) is 0 Å². The van der Waals surface area contributed by atoms with Crippen molar-refractivity contribution in [3.8, 4) is 16.9 Å². The maximum atomic E-state index is 6.28. The lowest BCUT2D eigenvalue weighted by atomic mass is 10.0. The minimum Gasteiger partial charge on any atom is -0.492 e. The molecule has 2 fully saturated rings. The van der Waals surface area contributed by atoms with Crippen LogP contribution in [0.1, 0.15) is 0 Å². The molecule has 0 spiro atoms. The molecule has 8 heteroatoms. The van der Waals surface area contributed by atoms with Crippen LogP contribution in [0.25, 0.3) is 11.1 Å². The monoisotopic (exact) mass is 475 g/mol. The Morgan fingerprint density at radius 3 is 2.40 bits per heavy atom. The highest BCUT2D eigenvalue weighted by Gasteiger charge is 2.16. The molecule has 5 rings (SSSR count). The Morgan fingerprint density at radius 1 is 0.886 bits per heavy atom. The molecule has 3 N–H and O–H groups in total. The van der Waals surface area contributed by atoms with Crippen molar-refractivity contribution in [2.24, 2.45) is 0 Å². The minimum atomic E-state index is 0.617. The van der Waals surface area contributed by atoms with E-state index >= 15 is 0 Å². The van der Waals surface area contributed by atoms with E-state index in [1.807, 2.05) is 42.5 Å². The van der Waals surface area contributed by atoms with Crippen molar-refractivity contribution in [1.29, 1.82) is 0 Å². The van der Waals surface area contributed by atoms with E-state index in [2.05, 4.69) is 33.3 Å². The average molecular weight is 476 g/mol. The van der Waals surface area contributed by atoms with E-state index in [0.717, 1.165) is 85.8 Å². The molecule has 8 nitrogen and oxygen atoms in total. The highest BCUT2D eigenvalue weighted by atomic mass is 16.5. The van der Waals surface area contributed by atoms with Crippen LogP contribution in [0.4, 0.5) is 23.0 Å². The van der Waals surface area contributed by atoms with Crippen molar-refractivity contribution in [1.82, 2.24) is 9.88 Å². The van der Waals surface area contributed by atoms with E-state index in [1.165, 1.54) is 0 Å². The molecule has 0 atom stereocenters. The molecular formula is C27H33N5O3. The summed E-state index contributed by atoms with van der Waals surface area (Å²) in [5, 5.41) is 3.47. The number of pyridine rings is 1. The molecule has 0 aliphatic carbocycles. The van der Waals surface area contributed by atoms with Gasteiger partial charge in [0.1, 0.15) is 24.0 Å². The predicted octanol–water partition coefficient (Wildman–Crippen LogP) is 3.62. The third-order valence-electron chi connectivity index (χ3n) is 6.31. The number of rotatable bonds is 8. The number of nitrogens with zero attached hydrogens (tertiary/aromatic N) is 3. The van der Waals surface area contributed by atoms with E-state index in [0.29, 0.717) is 19.8 Å². The second-order valence-electron chi connectivity index (χ2n) is 8.74. The van der Waals surface area contributed by atoms with Gasteiger partial charge in [-0.1, -0.05) is 30.3 Å². The van der Waals surface area contributed by atoms with Gasteiger partial charge in [0, 0.05) is 61.8 Å². The number of nitrogen functional groups attached to an aromatic ring is 1. The Hall–Kier alpha value is -3.33. The summed E-state index contributed by atoms with van der Waals surface area (Å²) in [6.07, 6.45) is 0. The van der Waals surface area contributed by atoms with Gasteiger partial charge in [-0.25, -0.2) is 4.98 Å². The van der Waals surface area contributed by atoms with Crippen molar-refractivity contribution in [3.63, 3.8) is 0 Å². The van der Waals surface area contributed by atoms with Gasteiger partial charge < -0.3 is 30.2 Å². The summed E-state index contributed by atoms with van der Waals surface area (Å²) in [7, 11) is 0. The highest BCUT2D eigenvalue weighted by Crippen LogP contribution is 2.31. The summed E-state index contributed by atoms with van der Waals surface area (Å²) in [6.45, 7) is 7.99. The molecule has 0 saturated carbocycles. The molecule has 35 heavy (non-hydrogen) atoms. The van der Waals surface area contributed by atoms with Gasteiger partial charge in [-0.05, 0) is 23.8 Å². The number of aromatic nitrogens is 1. The molecule has 0 bridgehead atoms. The van der Waals surface area contributed by atoms with E-state index in [-0.39, 0.29) is 0 Å². The summed E-state index contributed by atoms with van der Waals surface area (Å²) in [5.74, 6) is 2.42. The van der Waals surface area contributed by atoms with Gasteiger partial charge in [-0.3, -0.25) is 4.90 Å². The third-order valence-corrected chi connectivity index (χ3v) is 6.31. The van der Waals surface area contributed by atoms with Crippen molar-refractivity contribution in [2.75, 3.05) is 81.7 Å². The zero-order valence-corrected chi connectivity index (χ0v) is 20.0. The Kier molecular flexibility index (Phi) is 7.62. The lowest BCUT2D eigenvalue weighted by Crippen LogP contribution is -2.38. The van der Waals surface area contributed by atoms with Gasteiger partial charge in [0.2, 0.25) is 0 Å². The van der Waals surface area contributed by atoms with Crippen LogP contribution in [0.2, 0.25) is 0 Å². The number of anilines is 4. The first-order valence-electron chi connectivity index (χ1n) is 12.2. The quantitative estimate of drug-likeness (QED) is 0.478. The maximum Gasteiger partial charge on any atom is 0.136 e. The number of benzene rings is 2. The molecule has 0 unspecified atom stereocenters. The van der Waals surface area contributed by atoms with Crippen LogP contribution in [0.3, 0.4) is 0 Å². The van der Waals surface area contributed by atoms with Crippen molar-refractivity contribution in [2.45, 2.75) is 0 Å². The molecule has 0 radical (unpaired) electrons. The normalized spacial score (nSPS) is 16.7. The highest BCUT2D eigenvalue weighted by molar-refractivity contribution is 5.80. The Bertz CT molecular complexity index is 1100. The topological polar surface area (TPSA) is 85.1 Å². The number of ether oxygens (including phenoxy) is 3. The number of morpholine rings is 2. The van der Waals surface area contributed by atoms with Crippen LogP contribution >= 0.6 is 0 Å². The second kappa shape index (κ2) is 11.4. The smallest absolute Gasteiger partial charge is 0.136 e. The number of nitrogens with two attached hydrogens (primary N) is 1. The fraction of sp³-hybridized carbons (Fsp3) is 0.370. The molecule has 3 heterocycles. The average Bonchev–Trinajstić information content (AvgIpc) is 2.91. The molecule has 1 aromatic heterocycles. The standard InChI is InChI=1S/C27H33N5O3/c28-25-7-6-22(18-24(25)21-4-2-1-3-5-21)29-26-19-23(35-17-10-31-8-13-33-14-9-31)20-27(30-26)32-11-15-34-16-12-32/h1-7,18-20H,8-17,28H2,(H,29,30). The summed E-state index contributed by atoms with van der Waals surface area (Å²) in [5.41, 5.74) is 10.0. The lowest BCUT2D eigenvalue weighted by molar-refractivity contribution is 0.0322.